The van der Waals surface area contributed by atoms with E-state index < -0.39 is 0 Å². The van der Waals surface area contributed by atoms with Crippen LogP contribution >= 0.6 is 0 Å². The number of anilines is 1. The molecule has 2 N–H and O–H groups in total. The lowest BCUT2D eigenvalue weighted by atomic mass is 10.1. The standard InChI is InChI=1S/C18H29N5O/c1-2-19-18(23-11-7-16(24)14-23)21-13-15-6-8-20-17(12-15)22-9-4-3-5-10-22/h6,8,12,16,24H,2-5,7,9-11,13-14H2,1H3,(H,19,21)/t16-/m1/s1. The first-order valence-corrected chi connectivity index (χ1v) is 9.17. The third-order valence-corrected chi connectivity index (χ3v) is 4.70. The molecule has 1 aromatic heterocycles. The zero-order chi connectivity index (χ0) is 16.8. The fourth-order valence-electron chi connectivity index (χ4n) is 3.38. The molecule has 1 atom stereocenters. The minimum absolute atomic E-state index is 0.236. The Balaban J connectivity index is 1.67. The number of nitrogens with one attached hydrogen (secondary N) is 1. The molecule has 0 aliphatic carbocycles. The van der Waals surface area contributed by atoms with E-state index in [2.05, 4.69) is 33.1 Å². The summed E-state index contributed by atoms with van der Waals surface area (Å²) in [4.78, 5) is 13.8. The summed E-state index contributed by atoms with van der Waals surface area (Å²) in [5.74, 6) is 1.97. The van der Waals surface area contributed by atoms with Crippen LogP contribution in [0.4, 0.5) is 5.82 Å². The highest BCUT2D eigenvalue weighted by molar-refractivity contribution is 5.80. The van der Waals surface area contributed by atoms with Gasteiger partial charge in [-0.3, -0.25) is 0 Å². The molecule has 0 saturated carbocycles. The largest absolute Gasteiger partial charge is 0.391 e. The SMILES string of the molecule is CCNC(=NCc1ccnc(N2CCCCC2)c1)N1CC[C@@H](O)C1. The number of rotatable bonds is 4. The van der Waals surface area contributed by atoms with Gasteiger partial charge in [-0.05, 0) is 50.3 Å². The molecule has 6 heteroatoms. The molecule has 3 heterocycles. The van der Waals surface area contributed by atoms with E-state index in [1.165, 1.54) is 24.8 Å². The number of hydrogen-bond acceptors (Lipinski definition) is 4. The maximum Gasteiger partial charge on any atom is 0.194 e. The number of aliphatic hydroxyl groups excluding tert-OH is 1. The fraction of sp³-hybridized carbons (Fsp3) is 0.667. The minimum atomic E-state index is -0.236. The maximum atomic E-state index is 9.74. The van der Waals surface area contributed by atoms with Gasteiger partial charge in [0.25, 0.3) is 0 Å². The maximum absolute atomic E-state index is 9.74. The van der Waals surface area contributed by atoms with E-state index in [1.807, 2.05) is 12.3 Å². The average Bonchev–Trinajstić information content (AvgIpc) is 3.06. The predicted molar refractivity (Wildman–Crippen MR) is 97.3 cm³/mol. The van der Waals surface area contributed by atoms with Gasteiger partial charge in [0.2, 0.25) is 0 Å². The number of pyridine rings is 1. The Morgan fingerprint density at radius 3 is 2.88 bits per heavy atom. The van der Waals surface area contributed by atoms with E-state index in [9.17, 15) is 5.11 Å². The summed E-state index contributed by atoms with van der Waals surface area (Å²) < 4.78 is 0. The van der Waals surface area contributed by atoms with Crippen molar-refractivity contribution in [1.82, 2.24) is 15.2 Å². The summed E-state index contributed by atoms with van der Waals surface area (Å²) >= 11 is 0. The number of aliphatic imine (C=N–C) groups is 1. The number of nitrogens with zero attached hydrogens (tertiary/aromatic N) is 4. The van der Waals surface area contributed by atoms with Crippen LogP contribution < -0.4 is 10.2 Å². The van der Waals surface area contributed by atoms with Crippen LogP contribution in [0.15, 0.2) is 23.3 Å². The topological polar surface area (TPSA) is 64.0 Å². The van der Waals surface area contributed by atoms with Crippen molar-refractivity contribution < 1.29 is 5.11 Å². The van der Waals surface area contributed by atoms with Gasteiger partial charge in [0.15, 0.2) is 5.96 Å². The van der Waals surface area contributed by atoms with Crippen LogP contribution in [0.5, 0.6) is 0 Å². The van der Waals surface area contributed by atoms with E-state index in [-0.39, 0.29) is 6.10 Å². The molecule has 0 bridgehead atoms. The Morgan fingerprint density at radius 1 is 1.33 bits per heavy atom. The number of aliphatic hydroxyl groups is 1. The Labute approximate surface area is 144 Å². The molecule has 6 nitrogen and oxygen atoms in total. The van der Waals surface area contributed by atoms with Crippen LogP contribution in [0, 0.1) is 0 Å². The summed E-state index contributed by atoms with van der Waals surface area (Å²) in [5.41, 5.74) is 1.18. The van der Waals surface area contributed by atoms with E-state index in [0.717, 1.165) is 44.4 Å². The van der Waals surface area contributed by atoms with Crippen LogP contribution in [-0.4, -0.2) is 59.8 Å². The highest BCUT2D eigenvalue weighted by Crippen LogP contribution is 2.19. The number of aromatic nitrogens is 1. The number of piperidine rings is 1. The lowest BCUT2D eigenvalue weighted by Gasteiger charge is -2.27. The zero-order valence-corrected chi connectivity index (χ0v) is 14.6. The summed E-state index contributed by atoms with van der Waals surface area (Å²) in [5, 5.41) is 13.1. The molecule has 0 unspecified atom stereocenters. The first-order chi connectivity index (χ1) is 11.8. The van der Waals surface area contributed by atoms with Crippen LogP contribution in [0.2, 0.25) is 0 Å². The monoisotopic (exact) mass is 331 g/mol. The molecule has 0 spiro atoms. The first kappa shape index (κ1) is 17.0. The average molecular weight is 331 g/mol. The molecule has 24 heavy (non-hydrogen) atoms. The van der Waals surface area contributed by atoms with Crippen molar-refractivity contribution in [2.75, 3.05) is 37.6 Å². The second-order valence-corrected chi connectivity index (χ2v) is 6.63. The second kappa shape index (κ2) is 8.33. The molecule has 0 aromatic carbocycles. The highest BCUT2D eigenvalue weighted by Gasteiger charge is 2.22. The predicted octanol–water partition coefficient (Wildman–Crippen LogP) is 1.60. The van der Waals surface area contributed by atoms with Crippen molar-refractivity contribution in [3.8, 4) is 0 Å². The van der Waals surface area contributed by atoms with Crippen molar-refractivity contribution in [1.29, 1.82) is 0 Å². The molecule has 2 fully saturated rings. The Kier molecular flexibility index (Phi) is 5.91. The summed E-state index contributed by atoms with van der Waals surface area (Å²) in [7, 11) is 0. The third kappa shape index (κ3) is 4.38. The third-order valence-electron chi connectivity index (χ3n) is 4.70. The number of guanidine groups is 1. The zero-order valence-electron chi connectivity index (χ0n) is 14.6. The van der Waals surface area contributed by atoms with E-state index >= 15 is 0 Å². The Bertz CT molecular complexity index is 556. The van der Waals surface area contributed by atoms with Gasteiger partial charge in [-0.15, -0.1) is 0 Å². The second-order valence-electron chi connectivity index (χ2n) is 6.63. The van der Waals surface area contributed by atoms with Gasteiger partial charge in [-0.25, -0.2) is 9.98 Å². The van der Waals surface area contributed by atoms with E-state index in [1.54, 1.807) is 0 Å². The van der Waals surface area contributed by atoms with E-state index in [0.29, 0.717) is 13.1 Å². The van der Waals surface area contributed by atoms with Crippen LogP contribution in [0.25, 0.3) is 0 Å². The summed E-state index contributed by atoms with van der Waals surface area (Å²) in [6.07, 6.45) is 6.31. The molecule has 0 amide bonds. The lowest BCUT2D eigenvalue weighted by Crippen LogP contribution is -2.40. The fourth-order valence-corrected chi connectivity index (χ4v) is 3.38. The summed E-state index contributed by atoms with van der Waals surface area (Å²) in [6.45, 7) is 7.29. The van der Waals surface area contributed by atoms with Crippen molar-refractivity contribution in [2.45, 2.75) is 45.3 Å². The van der Waals surface area contributed by atoms with Gasteiger partial charge in [-0.2, -0.15) is 0 Å². The number of hydrogen-bond donors (Lipinski definition) is 2. The summed E-state index contributed by atoms with van der Waals surface area (Å²) in [6, 6.07) is 4.20. The minimum Gasteiger partial charge on any atom is -0.391 e. The van der Waals surface area contributed by atoms with Gasteiger partial charge in [0, 0.05) is 38.9 Å². The van der Waals surface area contributed by atoms with Gasteiger partial charge in [0.05, 0.1) is 12.6 Å². The number of β-amino-alcohol motifs (C(OH)–C–C–N with tert-alkyl or cyclic N) is 1. The van der Waals surface area contributed by atoms with Crippen molar-refractivity contribution in [3.63, 3.8) is 0 Å². The molecule has 132 valence electrons. The van der Waals surface area contributed by atoms with Gasteiger partial charge in [0.1, 0.15) is 5.82 Å². The van der Waals surface area contributed by atoms with Crippen molar-refractivity contribution in [2.24, 2.45) is 4.99 Å². The van der Waals surface area contributed by atoms with Crippen molar-refractivity contribution >= 4 is 11.8 Å². The van der Waals surface area contributed by atoms with Crippen LogP contribution in [0.3, 0.4) is 0 Å². The highest BCUT2D eigenvalue weighted by atomic mass is 16.3. The number of likely N-dealkylation sites (tertiary alicyclic amines) is 1. The lowest BCUT2D eigenvalue weighted by molar-refractivity contribution is 0.188. The Morgan fingerprint density at radius 2 is 2.17 bits per heavy atom. The van der Waals surface area contributed by atoms with Crippen LogP contribution in [-0.2, 0) is 6.54 Å². The molecular formula is C18H29N5O. The normalized spacial score (nSPS) is 22.1. The molecule has 2 aliphatic heterocycles. The molecule has 3 rings (SSSR count). The molecule has 2 saturated heterocycles. The molecule has 0 radical (unpaired) electrons. The van der Waals surface area contributed by atoms with Crippen molar-refractivity contribution in [3.05, 3.63) is 23.9 Å². The molecule has 1 aromatic rings. The van der Waals surface area contributed by atoms with Gasteiger partial charge >= 0.3 is 0 Å². The smallest absolute Gasteiger partial charge is 0.194 e. The van der Waals surface area contributed by atoms with Gasteiger partial charge in [-0.1, -0.05) is 0 Å². The Hall–Kier alpha value is -1.82. The first-order valence-electron chi connectivity index (χ1n) is 9.17. The van der Waals surface area contributed by atoms with Gasteiger partial charge < -0.3 is 20.2 Å². The molecule has 2 aliphatic rings. The molecular weight excluding hydrogens is 302 g/mol. The quantitative estimate of drug-likeness (QED) is 0.648. The van der Waals surface area contributed by atoms with Crippen LogP contribution in [0.1, 0.15) is 38.2 Å². The van der Waals surface area contributed by atoms with E-state index in [4.69, 9.17) is 4.99 Å².